The molecule has 1 amide bonds. The van der Waals surface area contributed by atoms with Gasteiger partial charge in [0, 0.05) is 10.6 Å². The molecule has 3 rings (SSSR count). The van der Waals surface area contributed by atoms with E-state index in [2.05, 4.69) is 0 Å². The van der Waals surface area contributed by atoms with Gasteiger partial charge in [-0.3, -0.25) is 4.79 Å². The Labute approximate surface area is 151 Å². The summed E-state index contributed by atoms with van der Waals surface area (Å²) in [5.74, 6) is -0.669. The Morgan fingerprint density at radius 1 is 0.800 bits per heavy atom. The first kappa shape index (κ1) is 17.2. The maximum atomic E-state index is 13.1. The summed E-state index contributed by atoms with van der Waals surface area (Å²) in [4.78, 5) is 13.0. The summed E-state index contributed by atoms with van der Waals surface area (Å²) in [5, 5.41) is 0.357. The molecule has 0 bridgehead atoms. The second kappa shape index (κ2) is 7.09. The number of benzene rings is 3. The van der Waals surface area contributed by atoms with Crippen molar-refractivity contribution in [2.75, 3.05) is 4.31 Å². The van der Waals surface area contributed by atoms with Crippen molar-refractivity contribution in [1.29, 1.82) is 0 Å². The predicted molar refractivity (Wildman–Crippen MR) is 98.3 cm³/mol. The van der Waals surface area contributed by atoms with Crippen LogP contribution in [0.1, 0.15) is 10.4 Å². The number of hydrogen-bond acceptors (Lipinski definition) is 3. The fourth-order valence-corrected chi connectivity index (χ4v) is 3.99. The SMILES string of the molecule is O=C(c1cccc(Cl)c1)N(c1ccccc1)S(=O)(=O)c1ccccc1. The van der Waals surface area contributed by atoms with Crippen LogP contribution >= 0.6 is 11.6 Å². The van der Waals surface area contributed by atoms with E-state index in [1.165, 1.54) is 24.3 Å². The fourth-order valence-electron chi connectivity index (χ4n) is 2.37. The number of sulfonamides is 1. The molecule has 0 atom stereocenters. The van der Waals surface area contributed by atoms with Gasteiger partial charge in [0.2, 0.25) is 0 Å². The van der Waals surface area contributed by atoms with Crippen LogP contribution in [0.4, 0.5) is 5.69 Å². The van der Waals surface area contributed by atoms with E-state index in [9.17, 15) is 13.2 Å². The minimum absolute atomic E-state index is 0.0363. The van der Waals surface area contributed by atoms with Crippen LogP contribution < -0.4 is 4.31 Å². The Balaban J connectivity index is 2.16. The molecule has 25 heavy (non-hydrogen) atoms. The van der Waals surface area contributed by atoms with E-state index in [4.69, 9.17) is 11.6 Å². The molecular weight excluding hydrogens is 358 g/mol. The van der Waals surface area contributed by atoms with E-state index >= 15 is 0 Å². The third-order valence-corrected chi connectivity index (χ3v) is 5.49. The standard InChI is InChI=1S/C19H14ClNO3S/c20-16-9-7-8-15(14-16)19(22)21(17-10-3-1-4-11-17)25(23,24)18-12-5-2-6-13-18/h1-14H. The van der Waals surface area contributed by atoms with Gasteiger partial charge in [-0.1, -0.05) is 54.1 Å². The molecule has 0 aliphatic rings. The number of hydrogen-bond donors (Lipinski definition) is 0. The van der Waals surface area contributed by atoms with Crippen molar-refractivity contribution in [3.8, 4) is 0 Å². The highest BCUT2D eigenvalue weighted by atomic mass is 35.5. The Hall–Kier alpha value is -2.63. The van der Waals surface area contributed by atoms with Gasteiger partial charge >= 0.3 is 0 Å². The van der Waals surface area contributed by atoms with Gasteiger partial charge in [-0.15, -0.1) is 0 Å². The van der Waals surface area contributed by atoms with E-state index in [0.29, 0.717) is 5.02 Å². The molecule has 126 valence electrons. The molecule has 0 fully saturated rings. The highest BCUT2D eigenvalue weighted by molar-refractivity contribution is 7.93. The highest BCUT2D eigenvalue weighted by Gasteiger charge is 2.31. The topological polar surface area (TPSA) is 54.5 Å². The lowest BCUT2D eigenvalue weighted by Crippen LogP contribution is -2.37. The Morgan fingerprint density at radius 2 is 1.40 bits per heavy atom. The largest absolute Gasteiger partial charge is 0.272 e. The van der Waals surface area contributed by atoms with Crippen LogP contribution in [0.5, 0.6) is 0 Å². The van der Waals surface area contributed by atoms with Gasteiger partial charge in [0.25, 0.3) is 15.9 Å². The summed E-state index contributed by atoms with van der Waals surface area (Å²) in [7, 11) is -4.07. The van der Waals surface area contributed by atoms with Crippen LogP contribution in [-0.4, -0.2) is 14.3 Å². The van der Waals surface area contributed by atoms with Crippen LogP contribution in [0.3, 0.4) is 0 Å². The second-order valence-electron chi connectivity index (χ2n) is 5.23. The Morgan fingerprint density at radius 3 is 2.00 bits per heavy atom. The second-order valence-corrected chi connectivity index (χ2v) is 7.46. The van der Waals surface area contributed by atoms with Crippen LogP contribution in [0, 0.1) is 0 Å². The van der Waals surface area contributed by atoms with Crippen molar-refractivity contribution >= 4 is 33.2 Å². The molecular formula is C19H14ClNO3S. The summed E-state index contributed by atoms with van der Waals surface area (Å²) in [6.45, 7) is 0. The third-order valence-electron chi connectivity index (χ3n) is 3.53. The molecule has 4 nitrogen and oxygen atoms in total. The first-order valence-corrected chi connectivity index (χ1v) is 9.27. The molecule has 0 radical (unpaired) electrons. The number of carbonyl (C=O) groups is 1. The summed E-state index contributed by atoms with van der Waals surface area (Å²) < 4.78 is 27.0. The van der Waals surface area contributed by atoms with E-state index in [0.717, 1.165) is 4.31 Å². The molecule has 6 heteroatoms. The smallest absolute Gasteiger partial charge is 0.268 e. The molecule has 0 aliphatic heterocycles. The van der Waals surface area contributed by atoms with Gasteiger partial charge in [-0.05, 0) is 42.5 Å². The van der Waals surface area contributed by atoms with Crippen LogP contribution in [0.2, 0.25) is 5.02 Å². The monoisotopic (exact) mass is 371 g/mol. The lowest BCUT2D eigenvalue weighted by atomic mass is 10.2. The molecule has 3 aromatic carbocycles. The Bertz CT molecular complexity index is 989. The van der Waals surface area contributed by atoms with Gasteiger partial charge in [-0.2, -0.15) is 4.31 Å². The number of carbonyl (C=O) groups excluding carboxylic acids is 1. The average Bonchev–Trinajstić information content (AvgIpc) is 2.63. The van der Waals surface area contributed by atoms with Crippen LogP contribution in [-0.2, 0) is 10.0 Å². The highest BCUT2D eigenvalue weighted by Crippen LogP contribution is 2.26. The van der Waals surface area contributed by atoms with Crippen molar-refractivity contribution in [3.63, 3.8) is 0 Å². The number of rotatable bonds is 4. The maximum absolute atomic E-state index is 13.1. The molecule has 0 saturated carbocycles. The summed E-state index contributed by atoms with van der Waals surface area (Å²) >= 11 is 5.95. The molecule has 0 aromatic heterocycles. The average molecular weight is 372 g/mol. The number of nitrogens with zero attached hydrogens (tertiary/aromatic N) is 1. The van der Waals surface area contributed by atoms with E-state index in [1.807, 2.05) is 0 Å². The van der Waals surface area contributed by atoms with E-state index < -0.39 is 15.9 Å². The number of para-hydroxylation sites is 1. The lowest BCUT2D eigenvalue weighted by Gasteiger charge is -2.22. The van der Waals surface area contributed by atoms with Crippen molar-refractivity contribution in [2.24, 2.45) is 0 Å². The first-order valence-electron chi connectivity index (χ1n) is 7.45. The maximum Gasteiger partial charge on any atom is 0.272 e. The quantitative estimate of drug-likeness (QED) is 0.684. The molecule has 0 unspecified atom stereocenters. The molecule has 3 aromatic rings. The third kappa shape index (κ3) is 3.57. The van der Waals surface area contributed by atoms with Gasteiger partial charge in [0.05, 0.1) is 10.6 Å². The van der Waals surface area contributed by atoms with Gasteiger partial charge < -0.3 is 0 Å². The number of amides is 1. The van der Waals surface area contributed by atoms with Crippen LogP contribution in [0.15, 0.2) is 89.8 Å². The van der Waals surface area contributed by atoms with E-state index in [-0.39, 0.29) is 16.1 Å². The van der Waals surface area contributed by atoms with Crippen molar-refractivity contribution in [3.05, 3.63) is 95.5 Å². The van der Waals surface area contributed by atoms with Crippen molar-refractivity contribution < 1.29 is 13.2 Å². The lowest BCUT2D eigenvalue weighted by molar-refractivity contribution is 0.101. The minimum Gasteiger partial charge on any atom is -0.268 e. The van der Waals surface area contributed by atoms with E-state index in [1.54, 1.807) is 60.7 Å². The van der Waals surface area contributed by atoms with Gasteiger partial charge in [0.1, 0.15) is 0 Å². The Kier molecular flexibility index (Phi) is 4.88. The molecule has 0 heterocycles. The summed E-state index contributed by atoms with van der Waals surface area (Å²) in [6.07, 6.45) is 0. The van der Waals surface area contributed by atoms with Crippen molar-refractivity contribution in [1.82, 2.24) is 0 Å². The molecule has 0 saturated heterocycles. The number of halogens is 1. The zero-order valence-electron chi connectivity index (χ0n) is 13.0. The predicted octanol–water partition coefficient (Wildman–Crippen LogP) is 4.38. The summed E-state index contributed by atoms with van der Waals surface area (Å²) in [6, 6.07) is 22.3. The first-order chi connectivity index (χ1) is 12.0. The zero-order chi connectivity index (χ0) is 17.9. The molecule has 0 N–H and O–H groups in total. The minimum atomic E-state index is -4.07. The zero-order valence-corrected chi connectivity index (χ0v) is 14.6. The van der Waals surface area contributed by atoms with Gasteiger partial charge in [0.15, 0.2) is 0 Å². The van der Waals surface area contributed by atoms with Gasteiger partial charge in [-0.25, -0.2) is 8.42 Å². The molecule has 0 aliphatic carbocycles. The summed E-state index contributed by atoms with van der Waals surface area (Å²) in [5.41, 5.74) is 0.451. The molecule has 0 spiro atoms. The normalized spacial score (nSPS) is 11.1. The fraction of sp³-hybridized carbons (Fsp3) is 0. The number of anilines is 1. The van der Waals surface area contributed by atoms with Crippen LogP contribution in [0.25, 0.3) is 0 Å². The van der Waals surface area contributed by atoms with Crippen molar-refractivity contribution in [2.45, 2.75) is 4.90 Å².